The predicted molar refractivity (Wildman–Crippen MR) is 123 cm³/mol. The Balaban J connectivity index is 1.39. The molecule has 2 unspecified atom stereocenters. The van der Waals surface area contributed by atoms with E-state index in [0.717, 1.165) is 22.3 Å². The first-order valence-corrected chi connectivity index (χ1v) is 11.0. The topological polar surface area (TPSA) is 111 Å². The molecule has 8 nitrogen and oxygen atoms in total. The van der Waals surface area contributed by atoms with Crippen molar-refractivity contribution in [2.45, 2.75) is 50.8 Å². The van der Waals surface area contributed by atoms with Crippen molar-refractivity contribution < 1.29 is 23.9 Å². The summed E-state index contributed by atoms with van der Waals surface area (Å²) in [6, 6.07) is 14.9. The fourth-order valence-corrected chi connectivity index (χ4v) is 4.54. The van der Waals surface area contributed by atoms with Crippen molar-refractivity contribution in [3.63, 3.8) is 0 Å². The van der Waals surface area contributed by atoms with Crippen LogP contribution in [0.25, 0.3) is 11.1 Å². The summed E-state index contributed by atoms with van der Waals surface area (Å²) in [6.07, 6.45) is -1.03. The van der Waals surface area contributed by atoms with Crippen LogP contribution in [0.3, 0.4) is 0 Å². The quantitative estimate of drug-likeness (QED) is 0.740. The monoisotopic (exact) mass is 451 g/mol. The van der Waals surface area contributed by atoms with Crippen LogP contribution in [0, 0.1) is 0 Å². The van der Waals surface area contributed by atoms with Crippen LogP contribution in [-0.4, -0.2) is 53.8 Å². The molecule has 0 saturated carbocycles. The summed E-state index contributed by atoms with van der Waals surface area (Å²) >= 11 is 0. The van der Waals surface area contributed by atoms with Crippen LogP contribution in [0.15, 0.2) is 48.5 Å². The third kappa shape index (κ3) is 4.79. The number of benzene rings is 2. The van der Waals surface area contributed by atoms with Crippen LogP contribution >= 0.6 is 0 Å². The lowest BCUT2D eigenvalue weighted by Crippen LogP contribution is -2.46. The van der Waals surface area contributed by atoms with Gasteiger partial charge in [-0.1, -0.05) is 48.5 Å². The number of rotatable bonds is 4. The van der Waals surface area contributed by atoms with Crippen molar-refractivity contribution in [1.82, 2.24) is 10.2 Å². The lowest BCUT2D eigenvalue weighted by atomic mass is 9.98. The third-order valence-electron chi connectivity index (χ3n) is 5.92. The van der Waals surface area contributed by atoms with Crippen LogP contribution < -0.4 is 11.1 Å². The average Bonchev–Trinajstić information content (AvgIpc) is 3.31. The number of carbonyl (C=O) groups is 3. The number of nitrogens with one attached hydrogen (secondary N) is 1. The van der Waals surface area contributed by atoms with E-state index in [1.807, 2.05) is 24.3 Å². The van der Waals surface area contributed by atoms with Gasteiger partial charge < -0.3 is 20.5 Å². The van der Waals surface area contributed by atoms with E-state index in [0.29, 0.717) is 0 Å². The van der Waals surface area contributed by atoms with Crippen LogP contribution in [-0.2, 0) is 14.3 Å². The fourth-order valence-electron chi connectivity index (χ4n) is 4.54. The van der Waals surface area contributed by atoms with Crippen LogP contribution in [0.4, 0.5) is 9.59 Å². The van der Waals surface area contributed by atoms with Crippen molar-refractivity contribution in [2.75, 3.05) is 13.2 Å². The molecule has 1 heterocycles. The summed E-state index contributed by atoms with van der Waals surface area (Å²) in [5.74, 6) is -0.693. The highest BCUT2D eigenvalue weighted by molar-refractivity contribution is 5.85. The number of hydrogen-bond acceptors (Lipinski definition) is 5. The number of hydrogen-bond donors (Lipinski definition) is 2. The van der Waals surface area contributed by atoms with Crippen LogP contribution in [0.5, 0.6) is 0 Å². The Bertz CT molecular complexity index is 1030. The summed E-state index contributed by atoms with van der Waals surface area (Å²) in [4.78, 5) is 38.2. The largest absolute Gasteiger partial charge is 0.449 e. The second-order valence-electron chi connectivity index (χ2n) is 9.45. The molecule has 2 aromatic rings. The molecule has 2 aliphatic rings. The number of primary amides is 1. The lowest BCUT2D eigenvalue weighted by Gasteiger charge is -2.27. The molecule has 0 spiro atoms. The van der Waals surface area contributed by atoms with Gasteiger partial charge in [-0.15, -0.1) is 0 Å². The van der Waals surface area contributed by atoms with Gasteiger partial charge in [0.15, 0.2) is 0 Å². The lowest BCUT2D eigenvalue weighted by molar-refractivity contribution is -0.122. The van der Waals surface area contributed by atoms with Crippen molar-refractivity contribution in [3.8, 4) is 11.1 Å². The van der Waals surface area contributed by atoms with Crippen molar-refractivity contribution in [1.29, 1.82) is 0 Å². The van der Waals surface area contributed by atoms with E-state index in [1.165, 1.54) is 4.90 Å². The van der Waals surface area contributed by atoms with E-state index in [2.05, 4.69) is 29.6 Å². The Morgan fingerprint density at radius 3 is 2.15 bits per heavy atom. The maximum atomic E-state index is 12.6. The van der Waals surface area contributed by atoms with Gasteiger partial charge in [0, 0.05) is 12.5 Å². The summed E-state index contributed by atoms with van der Waals surface area (Å²) in [7, 11) is 0. The Morgan fingerprint density at radius 2 is 1.61 bits per heavy atom. The van der Waals surface area contributed by atoms with Gasteiger partial charge in [0.1, 0.15) is 18.2 Å². The van der Waals surface area contributed by atoms with E-state index in [4.69, 9.17) is 15.2 Å². The van der Waals surface area contributed by atoms with E-state index in [1.54, 1.807) is 20.8 Å². The van der Waals surface area contributed by atoms with Crippen molar-refractivity contribution in [2.24, 2.45) is 5.73 Å². The zero-order valence-corrected chi connectivity index (χ0v) is 19.0. The second-order valence-corrected chi connectivity index (χ2v) is 9.45. The molecule has 0 aromatic heterocycles. The third-order valence-corrected chi connectivity index (χ3v) is 5.92. The molecule has 1 fully saturated rings. The molecule has 1 aliphatic heterocycles. The minimum absolute atomic E-state index is 0.0524. The Labute approximate surface area is 193 Å². The molecular weight excluding hydrogens is 422 g/mol. The summed E-state index contributed by atoms with van der Waals surface area (Å²) in [5.41, 5.74) is 9.31. The second kappa shape index (κ2) is 8.77. The molecule has 1 saturated heterocycles. The van der Waals surface area contributed by atoms with Gasteiger partial charge in [0.2, 0.25) is 5.91 Å². The number of ether oxygens (including phenoxy) is 2. The number of nitrogens with zero attached hydrogens (tertiary/aromatic N) is 1. The minimum atomic E-state index is -0.848. The molecular formula is C25H29N3O5. The molecule has 0 bridgehead atoms. The molecule has 3 N–H and O–H groups in total. The zero-order chi connectivity index (χ0) is 23.8. The molecule has 2 atom stereocenters. The summed E-state index contributed by atoms with van der Waals surface area (Å²) in [5, 5.41) is 2.76. The summed E-state index contributed by atoms with van der Waals surface area (Å²) < 4.78 is 10.9. The number of likely N-dealkylation sites (tertiary alicyclic amines) is 1. The normalized spacial score (nSPS) is 19.5. The molecule has 4 rings (SSSR count). The van der Waals surface area contributed by atoms with E-state index >= 15 is 0 Å². The number of alkyl carbamates (subject to hydrolysis) is 1. The molecule has 0 radical (unpaired) electrons. The first-order chi connectivity index (χ1) is 15.6. The predicted octanol–water partition coefficient (Wildman–Crippen LogP) is 3.39. The average molecular weight is 452 g/mol. The highest BCUT2D eigenvalue weighted by atomic mass is 16.6. The van der Waals surface area contributed by atoms with E-state index < -0.39 is 35.8 Å². The van der Waals surface area contributed by atoms with Gasteiger partial charge in [-0.3, -0.25) is 9.69 Å². The number of carbonyl (C=O) groups excluding carboxylic acids is 3. The van der Waals surface area contributed by atoms with E-state index in [-0.39, 0.29) is 25.5 Å². The first-order valence-electron chi connectivity index (χ1n) is 11.0. The molecule has 33 heavy (non-hydrogen) atoms. The van der Waals surface area contributed by atoms with Gasteiger partial charge in [0.25, 0.3) is 0 Å². The highest BCUT2D eigenvalue weighted by Gasteiger charge is 2.41. The van der Waals surface area contributed by atoms with Gasteiger partial charge in [-0.2, -0.15) is 0 Å². The van der Waals surface area contributed by atoms with Crippen LogP contribution in [0.2, 0.25) is 0 Å². The summed E-state index contributed by atoms with van der Waals surface area (Å²) in [6.45, 7) is 5.53. The molecule has 1 aliphatic carbocycles. The molecule has 8 heteroatoms. The molecule has 3 amide bonds. The Hall–Kier alpha value is -3.55. The maximum Gasteiger partial charge on any atom is 0.411 e. The number of fused-ring (bicyclic) bond motifs is 3. The van der Waals surface area contributed by atoms with Gasteiger partial charge >= 0.3 is 12.2 Å². The minimum Gasteiger partial charge on any atom is -0.449 e. The van der Waals surface area contributed by atoms with Gasteiger partial charge in [-0.05, 0) is 49.4 Å². The van der Waals surface area contributed by atoms with Gasteiger partial charge in [0.05, 0.1) is 6.04 Å². The fraction of sp³-hybridized carbons (Fsp3) is 0.400. The number of amides is 3. The Kier molecular flexibility index (Phi) is 6.01. The highest BCUT2D eigenvalue weighted by Crippen LogP contribution is 2.44. The van der Waals surface area contributed by atoms with Crippen LogP contribution in [0.1, 0.15) is 44.2 Å². The Morgan fingerprint density at radius 1 is 1.03 bits per heavy atom. The van der Waals surface area contributed by atoms with Crippen molar-refractivity contribution in [3.05, 3.63) is 59.7 Å². The maximum absolute atomic E-state index is 12.6. The zero-order valence-electron chi connectivity index (χ0n) is 19.0. The SMILES string of the molecule is CC(C)(C)OC(=O)N1CC(NC(=O)OCC2c3ccccc3-c3ccccc32)CC1C(N)=O. The molecule has 2 aromatic carbocycles. The molecule has 174 valence electrons. The number of nitrogens with two attached hydrogens (primary N) is 1. The van der Waals surface area contributed by atoms with E-state index in [9.17, 15) is 14.4 Å². The van der Waals surface area contributed by atoms with Gasteiger partial charge in [-0.25, -0.2) is 9.59 Å². The van der Waals surface area contributed by atoms with Crippen molar-refractivity contribution >= 4 is 18.1 Å². The first kappa shape index (κ1) is 22.6. The smallest absolute Gasteiger partial charge is 0.411 e. The standard InChI is InChI=1S/C25H29N3O5/c1-25(2,3)33-24(31)28-13-15(12-21(28)22(26)29)27-23(30)32-14-20-18-10-6-4-8-16(18)17-9-5-7-11-19(17)20/h4-11,15,20-21H,12-14H2,1-3H3,(H2,26,29)(H,27,30).